The molecule has 2 aliphatic carbocycles. The van der Waals surface area contributed by atoms with Crippen LogP contribution in [0.15, 0.2) is 0 Å². The molecule has 2 amide bonds. The molecule has 0 bridgehead atoms. The van der Waals surface area contributed by atoms with Crippen LogP contribution >= 0.6 is 0 Å². The molecule has 2 saturated carbocycles. The molecule has 3 heterocycles. The lowest BCUT2D eigenvalue weighted by Gasteiger charge is -2.51. The molecule has 2 N–H and O–H groups in total. The maximum absolute atomic E-state index is 14.3. The Morgan fingerprint density at radius 2 is 1.54 bits per heavy atom. The first-order valence-electron chi connectivity index (χ1n) is 20.2. The minimum absolute atomic E-state index is 0.0671. The Bertz CT molecular complexity index is 1010. The zero-order valence-electron chi connectivity index (χ0n) is 32.1. The van der Waals surface area contributed by atoms with Crippen molar-refractivity contribution in [3.63, 3.8) is 0 Å². The zero-order valence-corrected chi connectivity index (χ0v) is 32.1. The SMILES string of the molecule is CCN(C1CCN(C(=O)C(C)(C)C)CC1)C1CC(C2CCC(CN3CCOCC3)CC2)CC(C(=O)NCC2C(C)CC(C)NC2C)C1C. The summed E-state index contributed by atoms with van der Waals surface area (Å²) in [5.41, 5.74) is -0.328. The Morgan fingerprint density at radius 1 is 0.875 bits per heavy atom. The van der Waals surface area contributed by atoms with Gasteiger partial charge in [0.1, 0.15) is 0 Å². The Morgan fingerprint density at radius 3 is 2.15 bits per heavy atom. The number of nitrogens with zero attached hydrogens (tertiary/aromatic N) is 3. The quantitative estimate of drug-likeness (QED) is 0.330. The summed E-state index contributed by atoms with van der Waals surface area (Å²) in [5, 5.41) is 7.28. The molecule has 0 spiro atoms. The van der Waals surface area contributed by atoms with Gasteiger partial charge in [-0.1, -0.05) is 41.5 Å². The fourth-order valence-electron chi connectivity index (χ4n) is 10.8. The van der Waals surface area contributed by atoms with Gasteiger partial charge in [0.15, 0.2) is 0 Å². The van der Waals surface area contributed by atoms with Gasteiger partial charge in [0.25, 0.3) is 0 Å². The normalized spacial score (nSPS) is 37.8. The molecule has 5 fully saturated rings. The fourth-order valence-corrected chi connectivity index (χ4v) is 10.8. The Kier molecular flexibility index (Phi) is 13.4. The molecule has 3 saturated heterocycles. The van der Waals surface area contributed by atoms with Crippen LogP contribution in [-0.2, 0) is 14.3 Å². The van der Waals surface area contributed by atoms with Crippen molar-refractivity contribution in [2.45, 2.75) is 137 Å². The van der Waals surface area contributed by atoms with E-state index in [2.05, 4.69) is 60.0 Å². The number of morpholine rings is 1. The summed E-state index contributed by atoms with van der Waals surface area (Å²) >= 11 is 0. The third kappa shape index (κ3) is 9.36. The van der Waals surface area contributed by atoms with Gasteiger partial charge in [0, 0.05) is 74.8 Å². The van der Waals surface area contributed by atoms with Gasteiger partial charge in [-0.3, -0.25) is 19.4 Å². The van der Waals surface area contributed by atoms with Crippen molar-refractivity contribution in [3.8, 4) is 0 Å². The molecule has 8 unspecified atom stereocenters. The second kappa shape index (κ2) is 16.9. The molecule has 3 aliphatic heterocycles. The van der Waals surface area contributed by atoms with Crippen molar-refractivity contribution in [1.29, 1.82) is 0 Å². The molecule has 0 aromatic heterocycles. The number of hydrogen-bond donors (Lipinski definition) is 2. The number of amides is 2. The van der Waals surface area contributed by atoms with Crippen LogP contribution in [0, 0.1) is 46.8 Å². The first kappa shape index (κ1) is 38.0. The van der Waals surface area contributed by atoms with E-state index in [0.717, 1.165) is 83.6 Å². The number of carbonyl (C=O) groups is 2. The van der Waals surface area contributed by atoms with Crippen molar-refractivity contribution < 1.29 is 14.3 Å². The largest absolute Gasteiger partial charge is 0.379 e. The number of ether oxygens (including phenoxy) is 1. The lowest BCUT2D eigenvalue weighted by atomic mass is 9.63. The summed E-state index contributed by atoms with van der Waals surface area (Å²) in [4.78, 5) is 34.9. The van der Waals surface area contributed by atoms with E-state index in [4.69, 9.17) is 4.74 Å². The highest BCUT2D eigenvalue weighted by Gasteiger charge is 2.46. The highest BCUT2D eigenvalue weighted by Crippen LogP contribution is 2.46. The maximum atomic E-state index is 14.3. The van der Waals surface area contributed by atoms with Crippen molar-refractivity contribution in [3.05, 3.63) is 0 Å². The van der Waals surface area contributed by atoms with Gasteiger partial charge in [-0.25, -0.2) is 0 Å². The first-order chi connectivity index (χ1) is 22.8. The number of rotatable bonds is 9. The van der Waals surface area contributed by atoms with E-state index in [9.17, 15) is 9.59 Å². The highest BCUT2D eigenvalue weighted by atomic mass is 16.5. The van der Waals surface area contributed by atoms with Crippen LogP contribution in [-0.4, -0.2) is 110 Å². The second-order valence-electron chi connectivity index (χ2n) is 18.0. The topological polar surface area (TPSA) is 77.1 Å². The lowest BCUT2D eigenvalue weighted by molar-refractivity contribution is -0.142. The van der Waals surface area contributed by atoms with Crippen molar-refractivity contribution >= 4 is 11.8 Å². The van der Waals surface area contributed by atoms with E-state index in [1.54, 1.807) is 0 Å². The number of piperidine rings is 2. The van der Waals surface area contributed by atoms with Crippen LogP contribution in [0.1, 0.15) is 113 Å². The number of nitrogens with one attached hydrogen (secondary N) is 2. The molecule has 0 radical (unpaired) electrons. The molecule has 8 atom stereocenters. The predicted octanol–water partition coefficient (Wildman–Crippen LogP) is 5.65. The van der Waals surface area contributed by atoms with Crippen LogP contribution in [0.25, 0.3) is 0 Å². The maximum Gasteiger partial charge on any atom is 0.227 e. The standard InChI is InChI=1S/C40H73N5O3/c1-9-45(34-14-16-44(17-15-34)39(47)40(6,7)8)37-24-33(32-12-10-31(11-13-32)26-43-18-20-48-21-19-43)23-35(29(37)4)38(46)41-25-36-27(2)22-28(3)42-30(36)5/h27-37,42H,9-26H2,1-8H3,(H,41,46). The fraction of sp³-hybridized carbons (Fsp3) is 0.950. The Hall–Kier alpha value is -1.22. The van der Waals surface area contributed by atoms with Crippen molar-refractivity contribution in [2.75, 3.05) is 59.0 Å². The van der Waals surface area contributed by atoms with Crippen LogP contribution in [0.3, 0.4) is 0 Å². The highest BCUT2D eigenvalue weighted by molar-refractivity contribution is 5.81. The summed E-state index contributed by atoms with van der Waals surface area (Å²) in [7, 11) is 0. The molecular formula is C40H73N5O3. The van der Waals surface area contributed by atoms with E-state index in [1.807, 2.05) is 20.8 Å². The van der Waals surface area contributed by atoms with Crippen LogP contribution in [0.5, 0.6) is 0 Å². The van der Waals surface area contributed by atoms with E-state index in [-0.39, 0.29) is 17.2 Å². The number of likely N-dealkylation sites (tertiary alicyclic amines) is 1. The third-order valence-electron chi connectivity index (χ3n) is 13.7. The third-order valence-corrected chi connectivity index (χ3v) is 13.7. The summed E-state index contributed by atoms with van der Waals surface area (Å²) < 4.78 is 5.60. The molecule has 8 heteroatoms. The molecule has 48 heavy (non-hydrogen) atoms. The van der Waals surface area contributed by atoms with Gasteiger partial charge in [0.2, 0.25) is 11.8 Å². The summed E-state index contributed by atoms with van der Waals surface area (Å²) in [6.45, 7) is 26.5. The molecule has 5 aliphatic rings. The smallest absolute Gasteiger partial charge is 0.227 e. The van der Waals surface area contributed by atoms with Gasteiger partial charge in [-0.05, 0) is 114 Å². The van der Waals surface area contributed by atoms with Crippen molar-refractivity contribution in [2.24, 2.45) is 46.8 Å². The monoisotopic (exact) mass is 672 g/mol. The summed E-state index contributed by atoms with van der Waals surface area (Å²) in [5.74, 6) is 4.21. The average Bonchev–Trinajstić information content (AvgIpc) is 3.05. The van der Waals surface area contributed by atoms with E-state index < -0.39 is 0 Å². The van der Waals surface area contributed by atoms with E-state index in [1.165, 1.54) is 45.1 Å². The number of hydrogen-bond acceptors (Lipinski definition) is 6. The summed E-state index contributed by atoms with van der Waals surface area (Å²) in [6.07, 6.45) is 10.8. The molecular weight excluding hydrogens is 598 g/mol. The van der Waals surface area contributed by atoms with Gasteiger partial charge >= 0.3 is 0 Å². The van der Waals surface area contributed by atoms with Crippen LogP contribution in [0.4, 0.5) is 0 Å². The molecule has 8 nitrogen and oxygen atoms in total. The van der Waals surface area contributed by atoms with E-state index >= 15 is 0 Å². The Labute approximate surface area is 294 Å². The van der Waals surface area contributed by atoms with Gasteiger partial charge in [-0.2, -0.15) is 0 Å². The minimum Gasteiger partial charge on any atom is -0.379 e. The number of carbonyl (C=O) groups excluding carboxylic acids is 2. The van der Waals surface area contributed by atoms with Crippen molar-refractivity contribution in [1.82, 2.24) is 25.3 Å². The van der Waals surface area contributed by atoms with Crippen LogP contribution in [0.2, 0.25) is 0 Å². The molecule has 0 aromatic rings. The predicted molar refractivity (Wildman–Crippen MR) is 196 cm³/mol. The second-order valence-corrected chi connectivity index (χ2v) is 18.0. The first-order valence-corrected chi connectivity index (χ1v) is 20.2. The lowest BCUT2D eigenvalue weighted by Crippen LogP contribution is -2.57. The van der Waals surface area contributed by atoms with Gasteiger partial charge in [0.05, 0.1) is 13.2 Å². The van der Waals surface area contributed by atoms with Gasteiger partial charge in [-0.15, -0.1) is 0 Å². The zero-order chi connectivity index (χ0) is 34.6. The van der Waals surface area contributed by atoms with Crippen LogP contribution < -0.4 is 10.6 Å². The van der Waals surface area contributed by atoms with E-state index in [0.29, 0.717) is 53.7 Å². The van der Waals surface area contributed by atoms with Gasteiger partial charge < -0.3 is 20.3 Å². The molecule has 0 aromatic carbocycles. The molecule has 276 valence electrons. The molecule has 5 rings (SSSR count). The minimum atomic E-state index is -0.328. The summed E-state index contributed by atoms with van der Waals surface area (Å²) in [6, 6.07) is 1.87. The Balaban J connectivity index is 1.26. The average molecular weight is 672 g/mol.